The van der Waals surface area contributed by atoms with Crippen LogP contribution in [0.3, 0.4) is 0 Å². The van der Waals surface area contributed by atoms with Crippen LogP contribution in [0.25, 0.3) is 0 Å². The van der Waals surface area contributed by atoms with E-state index in [9.17, 15) is 5.11 Å². The third-order valence-corrected chi connectivity index (χ3v) is 2.99. The number of aromatic hydroxyl groups is 1. The summed E-state index contributed by atoms with van der Waals surface area (Å²) in [7, 11) is 3.51. The number of methoxy groups -OCH3 is 1. The minimum absolute atomic E-state index is 0.250. The topological polar surface area (TPSA) is 41.5 Å². The number of nitrogens with one attached hydrogen (secondary N) is 1. The first-order valence-electron chi connectivity index (χ1n) is 5.31. The summed E-state index contributed by atoms with van der Waals surface area (Å²) in [6.07, 6.45) is 2.48. The van der Waals surface area contributed by atoms with Gasteiger partial charge in [0.1, 0.15) is 0 Å². The Morgan fingerprint density at radius 2 is 2.20 bits per heavy atom. The van der Waals surface area contributed by atoms with E-state index in [-0.39, 0.29) is 11.8 Å². The van der Waals surface area contributed by atoms with Crippen LogP contribution in [0, 0.1) is 5.92 Å². The molecule has 0 spiro atoms. The van der Waals surface area contributed by atoms with E-state index in [1.165, 1.54) is 12.8 Å². The Morgan fingerprint density at radius 3 is 2.73 bits per heavy atom. The SMILES string of the molecule is CNC(c1cccc(OC)c1O)C1CC1. The minimum Gasteiger partial charge on any atom is -0.504 e. The van der Waals surface area contributed by atoms with E-state index in [2.05, 4.69) is 5.32 Å². The molecule has 0 radical (unpaired) electrons. The van der Waals surface area contributed by atoms with Gasteiger partial charge in [-0.3, -0.25) is 0 Å². The molecule has 1 aromatic rings. The molecule has 2 N–H and O–H groups in total. The first kappa shape index (κ1) is 10.3. The maximum Gasteiger partial charge on any atom is 0.162 e. The van der Waals surface area contributed by atoms with Gasteiger partial charge in [0.25, 0.3) is 0 Å². The largest absolute Gasteiger partial charge is 0.504 e. The van der Waals surface area contributed by atoms with Crippen LogP contribution in [0.5, 0.6) is 11.5 Å². The third kappa shape index (κ3) is 1.92. The fourth-order valence-electron chi connectivity index (χ4n) is 2.03. The quantitative estimate of drug-likeness (QED) is 0.794. The molecule has 0 aromatic heterocycles. The van der Waals surface area contributed by atoms with Crippen molar-refractivity contribution in [2.75, 3.05) is 14.2 Å². The smallest absolute Gasteiger partial charge is 0.162 e. The Balaban J connectivity index is 2.33. The van der Waals surface area contributed by atoms with E-state index < -0.39 is 0 Å². The molecule has 1 unspecified atom stereocenters. The van der Waals surface area contributed by atoms with Crippen molar-refractivity contribution in [3.8, 4) is 11.5 Å². The molecule has 0 bridgehead atoms. The zero-order valence-electron chi connectivity index (χ0n) is 9.16. The Hall–Kier alpha value is -1.22. The molecule has 0 heterocycles. The molecule has 1 fully saturated rings. The molecule has 1 aromatic carbocycles. The average molecular weight is 207 g/mol. The maximum atomic E-state index is 10.0. The zero-order valence-corrected chi connectivity index (χ0v) is 9.16. The second-order valence-corrected chi connectivity index (χ2v) is 4.00. The first-order chi connectivity index (χ1) is 7.27. The van der Waals surface area contributed by atoms with E-state index in [4.69, 9.17) is 4.74 Å². The second-order valence-electron chi connectivity index (χ2n) is 4.00. The van der Waals surface area contributed by atoms with Gasteiger partial charge in [0.2, 0.25) is 0 Å². The van der Waals surface area contributed by atoms with Crippen molar-refractivity contribution in [3.05, 3.63) is 23.8 Å². The first-order valence-corrected chi connectivity index (χ1v) is 5.31. The van der Waals surface area contributed by atoms with Gasteiger partial charge in [-0.1, -0.05) is 12.1 Å². The van der Waals surface area contributed by atoms with Gasteiger partial charge in [-0.15, -0.1) is 0 Å². The van der Waals surface area contributed by atoms with Crippen molar-refractivity contribution in [2.24, 2.45) is 5.92 Å². The molecule has 1 atom stereocenters. The Kier molecular flexibility index (Phi) is 2.82. The molecule has 0 saturated heterocycles. The summed E-state index contributed by atoms with van der Waals surface area (Å²) >= 11 is 0. The highest BCUT2D eigenvalue weighted by molar-refractivity contribution is 5.47. The summed E-state index contributed by atoms with van der Waals surface area (Å²) in [5.74, 6) is 1.48. The lowest BCUT2D eigenvalue weighted by atomic mass is 10.0. The number of phenolic OH excluding ortho intramolecular Hbond substituents is 1. The summed E-state index contributed by atoms with van der Waals surface area (Å²) in [6.45, 7) is 0. The summed E-state index contributed by atoms with van der Waals surface area (Å²) in [5.41, 5.74) is 0.944. The number of hydrogen-bond acceptors (Lipinski definition) is 3. The van der Waals surface area contributed by atoms with Crippen LogP contribution in [0.1, 0.15) is 24.4 Å². The monoisotopic (exact) mass is 207 g/mol. The maximum absolute atomic E-state index is 10.0. The summed E-state index contributed by atoms with van der Waals surface area (Å²) < 4.78 is 5.10. The van der Waals surface area contributed by atoms with Gasteiger partial charge in [0, 0.05) is 11.6 Å². The van der Waals surface area contributed by atoms with Gasteiger partial charge in [-0.2, -0.15) is 0 Å². The van der Waals surface area contributed by atoms with E-state index >= 15 is 0 Å². The van der Waals surface area contributed by atoms with Crippen LogP contribution in [0.2, 0.25) is 0 Å². The van der Waals surface area contributed by atoms with Crippen molar-refractivity contribution >= 4 is 0 Å². The summed E-state index contributed by atoms with van der Waals surface area (Å²) in [4.78, 5) is 0. The lowest BCUT2D eigenvalue weighted by Gasteiger charge is -2.18. The van der Waals surface area contributed by atoms with Gasteiger partial charge < -0.3 is 15.2 Å². The number of para-hydroxylation sites is 1. The van der Waals surface area contributed by atoms with Crippen LogP contribution >= 0.6 is 0 Å². The standard InChI is InChI=1S/C12H17NO2/c1-13-11(8-6-7-8)9-4-3-5-10(15-2)12(9)14/h3-5,8,11,13-14H,6-7H2,1-2H3. The van der Waals surface area contributed by atoms with Crippen molar-refractivity contribution < 1.29 is 9.84 Å². The lowest BCUT2D eigenvalue weighted by molar-refractivity contribution is 0.364. The molecular formula is C12H17NO2. The van der Waals surface area contributed by atoms with Crippen LogP contribution in [-0.4, -0.2) is 19.3 Å². The third-order valence-electron chi connectivity index (χ3n) is 2.99. The van der Waals surface area contributed by atoms with E-state index in [1.54, 1.807) is 13.2 Å². The zero-order chi connectivity index (χ0) is 10.8. The van der Waals surface area contributed by atoms with Crippen molar-refractivity contribution in [2.45, 2.75) is 18.9 Å². The molecule has 1 aliphatic rings. The summed E-state index contributed by atoms with van der Waals surface area (Å²) in [6, 6.07) is 5.90. The Bertz CT molecular complexity index is 347. The molecule has 0 amide bonds. The molecule has 2 rings (SSSR count). The number of rotatable bonds is 4. The highest BCUT2D eigenvalue weighted by Gasteiger charge is 2.33. The van der Waals surface area contributed by atoms with Crippen LogP contribution in [-0.2, 0) is 0 Å². The summed E-state index contributed by atoms with van der Waals surface area (Å²) in [5, 5.41) is 13.3. The van der Waals surface area contributed by atoms with Crippen LogP contribution in [0.4, 0.5) is 0 Å². The van der Waals surface area contributed by atoms with Gasteiger partial charge in [-0.05, 0) is 31.9 Å². The van der Waals surface area contributed by atoms with Crippen molar-refractivity contribution in [1.82, 2.24) is 5.32 Å². The number of phenols is 1. The Morgan fingerprint density at radius 1 is 1.47 bits per heavy atom. The lowest BCUT2D eigenvalue weighted by Crippen LogP contribution is -2.18. The molecule has 1 aliphatic carbocycles. The molecule has 15 heavy (non-hydrogen) atoms. The Labute approximate surface area is 90.1 Å². The molecular weight excluding hydrogens is 190 g/mol. The second kappa shape index (κ2) is 4.11. The highest BCUT2D eigenvalue weighted by Crippen LogP contribution is 2.45. The van der Waals surface area contributed by atoms with Gasteiger partial charge in [-0.25, -0.2) is 0 Å². The van der Waals surface area contributed by atoms with Gasteiger partial charge in [0.05, 0.1) is 7.11 Å². The van der Waals surface area contributed by atoms with Gasteiger partial charge >= 0.3 is 0 Å². The van der Waals surface area contributed by atoms with Crippen molar-refractivity contribution in [1.29, 1.82) is 0 Å². The van der Waals surface area contributed by atoms with Crippen LogP contribution in [0.15, 0.2) is 18.2 Å². The molecule has 3 heteroatoms. The van der Waals surface area contributed by atoms with E-state index in [0.717, 1.165) is 5.56 Å². The predicted octanol–water partition coefficient (Wildman–Crippen LogP) is 2.07. The molecule has 3 nitrogen and oxygen atoms in total. The molecule has 1 saturated carbocycles. The highest BCUT2D eigenvalue weighted by atomic mass is 16.5. The number of ether oxygens (including phenoxy) is 1. The normalized spacial score (nSPS) is 17.5. The van der Waals surface area contributed by atoms with E-state index in [1.807, 2.05) is 19.2 Å². The fourth-order valence-corrected chi connectivity index (χ4v) is 2.03. The average Bonchev–Trinajstić information content (AvgIpc) is 3.06. The van der Waals surface area contributed by atoms with Crippen molar-refractivity contribution in [3.63, 3.8) is 0 Å². The number of hydrogen-bond donors (Lipinski definition) is 2. The minimum atomic E-state index is 0.250. The van der Waals surface area contributed by atoms with Crippen LogP contribution < -0.4 is 10.1 Å². The number of benzene rings is 1. The molecule has 0 aliphatic heterocycles. The predicted molar refractivity (Wildman–Crippen MR) is 59.2 cm³/mol. The molecule has 82 valence electrons. The van der Waals surface area contributed by atoms with E-state index in [0.29, 0.717) is 11.7 Å². The van der Waals surface area contributed by atoms with Gasteiger partial charge in [0.15, 0.2) is 11.5 Å². The fraction of sp³-hybridized carbons (Fsp3) is 0.500.